The van der Waals surface area contributed by atoms with E-state index in [1.165, 1.54) is 12.6 Å². The molecule has 0 bridgehead atoms. The summed E-state index contributed by atoms with van der Waals surface area (Å²) in [7, 11) is -1.93. The molecule has 7 nitrogen and oxygen atoms in total. The number of hydrogen-bond donors (Lipinski definition) is 2. The molecule has 8 heteroatoms. The van der Waals surface area contributed by atoms with E-state index in [1.807, 2.05) is 0 Å². The third-order valence-corrected chi connectivity index (χ3v) is 5.64. The van der Waals surface area contributed by atoms with Gasteiger partial charge in [-0.1, -0.05) is 19.8 Å². The molecule has 2 atom stereocenters. The number of nitrogens with zero attached hydrogens (tertiary/aromatic N) is 2. The van der Waals surface area contributed by atoms with Crippen LogP contribution in [0.3, 0.4) is 0 Å². The van der Waals surface area contributed by atoms with Gasteiger partial charge in [-0.2, -0.15) is 0 Å². The largest absolute Gasteiger partial charge is 0.353 e. The minimum absolute atomic E-state index is 0.0148. The first-order chi connectivity index (χ1) is 10.8. The summed E-state index contributed by atoms with van der Waals surface area (Å²) in [4.78, 5) is 15.9. The van der Waals surface area contributed by atoms with Gasteiger partial charge in [0.15, 0.2) is 5.03 Å². The van der Waals surface area contributed by atoms with E-state index in [1.54, 1.807) is 18.5 Å². The quantitative estimate of drug-likeness (QED) is 0.809. The second-order valence-electron chi connectivity index (χ2n) is 6.42. The fraction of sp³-hybridized carbons (Fsp3) is 0.733. The van der Waals surface area contributed by atoms with Crippen molar-refractivity contribution in [3.05, 3.63) is 12.0 Å². The van der Waals surface area contributed by atoms with Crippen LogP contribution in [0.15, 0.2) is 11.2 Å². The lowest BCUT2D eigenvalue weighted by Gasteiger charge is -2.27. The summed E-state index contributed by atoms with van der Waals surface area (Å²) < 4.78 is 28.3. The van der Waals surface area contributed by atoms with E-state index in [-0.39, 0.29) is 29.9 Å². The van der Waals surface area contributed by atoms with Gasteiger partial charge in [0.2, 0.25) is 5.91 Å². The number of rotatable bonds is 6. The smallest absolute Gasteiger partial charge is 0.259 e. The molecule has 1 heterocycles. The molecule has 130 valence electrons. The number of aromatic nitrogens is 2. The van der Waals surface area contributed by atoms with E-state index in [4.69, 9.17) is 0 Å². The molecule has 0 aliphatic heterocycles. The van der Waals surface area contributed by atoms with Crippen LogP contribution in [0.5, 0.6) is 0 Å². The molecular formula is C15H26N4O3S. The highest BCUT2D eigenvalue weighted by atomic mass is 32.2. The Balaban J connectivity index is 1.78. The van der Waals surface area contributed by atoms with E-state index in [2.05, 4.69) is 21.9 Å². The number of sulfonamides is 1. The van der Waals surface area contributed by atoms with E-state index >= 15 is 0 Å². The molecule has 1 aliphatic carbocycles. The van der Waals surface area contributed by atoms with Gasteiger partial charge in [-0.3, -0.25) is 4.79 Å². The SMILES string of the molecule is Cc1nc(S(=O)(=O)NCCC(=O)N[C@H]2CCC[C@@H](C)C2)cn1C. The van der Waals surface area contributed by atoms with Crippen LogP contribution in [0, 0.1) is 12.8 Å². The summed E-state index contributed by atoms with van der Waals surface area (Å²) in [6.45, 7) is 4.00. The molecule has 0 unspecified atom stereocenters. The molecule has 0 saturated heterocycles. The Bertz CT molecular complexity index is 634. The van der Waals surface area contributed by atoms with Crippen LogP contribution >= 0.6 is 0 Å². The highest BCUT2D eigenvalue weighted by Gasteiger charge is 2.21. The first-order valence-corrected chi connectivity index (χ1v) is 9.55. The number of hydrogen-bond acceptors (Lipinski definition) is 4. The van der Waals surface area contributed by atoms with Crippen molar-refractivity contribution in [2.24, 2.45) is 13.0 Å². The Morgan fingerprint density at radius 2 is 2.17 bits per heavy atom. The number of imidazole rings is 1. The maximum Gasteiger partial charge on any atom is 0.259 e. The van der Waals surface area contributed by atoms with Crippen molar-refractivity contribution >= 4 is 15.9 Å². The first kappa shape index (κ1) is 17.9. The predicted molar refractivity (Wildman–Crippen MR) is 87.3 cm³/mol. The minimum Gasteiger partial charge on any atom is -0.353 e. The normalized spacial score (nSPS) is 22.0. The van der Waals surface area contributed by atoms with Gasteiger partial charge in [0, 0.05) is 32.3 Å². The van der Waals surface area contributed by atoms with Crippen LogP contribution in [0.1, 0.15) is 44.9 Å². The number of amides is 1. The van der Waals surface area contributed by atoms with Gasteiger partial charge in [-0.25, -0.2) is 18.1 Å². The summed E-state index contributed by atoms with van der Waals surface area (Å²) in [6.07, 6.45) is 5.96. The Morgan fingerprint density at radius 3 is 2.78 bits per heavy atom. The lowest BCUT2D eigenvalue weighted by atomic mass is 9.87. The van der Waals surface area contributed by atoms with Gasteiger partial charge in [-0.15, -0.1) is 0 Å². The van der Waals surface area contributed by atoms with E-state index in [0.29, 0.717) is 11.7 Å². The highest BCUT2D eigenvalue weighted by Crippen LogP contribution is 2.23. The molecule has 1 aliphatic rings. The summed E-state index contributed by atoms with van der Waals surface area (Å²) in [5.41, 5.74) is 0. The molecule has 1 fully saturated rings. The van der Waals surface area contributed by atoms with E-state index in [9.17, 15) is 13.2 Å². The van der Waals surface area contributed by atoms with Crippen molar-refractivity contribution in [1.29, 1.82) is 0 Å². The molecule has 1 saturated carbocycles. The van der Waals surface area contributed by atoms with E-state index < -0.39 is 10.0 Å². The Labute approximate surface area is 137 Å². The first-order valence-electron chi connectivity index (χ1n) is 8.07. The molecule has 0 spiro atoms. The molecule has 23 heavy (non-hydrogen) atoms. The van der Waals surface area contributed by atoms with Crippen molar-refractivity contribution in [3.8, 4) is 0 Å². The summed E-state index contributed by atoms with van der Waals surface area (Å²) in [5, 5.41) is 2.98. The molecule has 2 rings (SSSR count). The predicted octanol–water partition coefficient (Wildman–Crippen LogP) is 1.09. The lowest BCUT2D eigenvalue weighted by molar-refractivity contribution is -0.121. The third kappa shape index (κ3) is 5.04. The van der Waals surface area contributed by atoms with Crippen molar-refractivity contribution in [1.82, 2.24) is 19.6 Å². The number of carbonyl (C=O) groups excluding carboxylic acids is 1. The van der Waals surface area contributed by atoms with Gasteiger partial charge in [0.05, 0.1) is 0 Å². The third-order valence-electron chi connectivity index (χ3n) is 4.31. The van der Waals surface area contributed by atoms with Crippen LogP contribution in [-0.4, -0.2) is 36.5 Å². The maximum atomic E-state index is 12.1. The van der Waals surface area contributed by atoms with Crippen LogP contribution in [0.25, 0.3) is 0 Å². The summed E-state index contributed by atoms with van der Waals surface area (Å²) in [6, 6.07) is 0.223. The fourth-order valence-electron chi connectivity index (χ4n) is 2.89. The average molecular weight is 342 g/mol. The second-order valence-corrected chi connectivity index (χ2v) is 8.14. The number of nitrogens with one attached hydrogen (secondary N) is 2. The van der Waals surface area contributed by atoms with Gasteiger partial charge < -0.3 is 9.88 Å². The standard InChI is InChI=1S/C15H26N4O3S/c1-11-5-4-6-13(9-11)18-14(20)7-8-16-23(21,22)15-10-19(3)12(2)17-15/h10-11,13,16H,4-9H2,1-3H3,(H,18,20)/t11-,13+/m1/s1. The van der Waals surface area contributed by atoms with Crippen molar-refractivity contribution in [2.45, 2.75) is 57.0 Å². The van der Waals surface area contributed by atoms with E-state index in [0.717, 1.165) is 19.3 Å². The lowest BCUT2D eigenvalue weighted by Crippen LogP contribution is -2.39. The monoisotopic (exact) mass is 342 g/mol. The molecule has 0 aromatic carbocycles. The number of aryl methyl sites for hydroxylation is 2. The molecule has 1 aromatic heterocycles. The molecule has 2 N–H and O–H groups in total. The molecule has 1 amide bonds. The van der Waals surface area contributed by atoms with Crippen LogP contribution in [0.2, 0.25) is 0 Å². The second kappa shape index (κ2) is 7.44. The van der Waals surface area contributed by atoms with Gasteiger partial charge >= 0.3 is 0 Å². The molecule has 0 radical (unpaired) electrons. The molecule has 1 aromatic rings. The average Bonchev–Trinajstić information content (AvgIpc) is 2.79. The van der Waals surface area contributed by atoms with Crippen molar-refractivity contribution in [2.75, 3.05) is 6.54 Å². The van der Waals surface area contributed by atoms with Gasteiger partial charge in [0.1, 0.15) is 5.82 Å². The van der Waals surface area contributed by atoms with Crippen molar-refractivity contribution < 1.29 is 13.2 Å². The fourth-order valence-corrected chi connectivity index (χ4v) is 3.96. The highest BCUT2D eigenvalue weighted by molar-refractivity contribution is 7.89. The van der Waals surface area contributed by atoms with Gasteiger partial charge in [0.25, 0.3) is 10.0 Å². The summed E-state index contributed by atoms with van der Waals surface area (Å²) >= 11 is 0. The topological polar surface area (TPSA) is 93.1 Å². The summed E-state index contributed by atoms with van der Waals surface area (Å²) in [5.74, 6) is 1.15. The maximum absolute atomic E-state index is 12.1. The van der Waals surface area contributed by atoms with Crippen molar-refractivity contribution in [3.63, 3.8) is 0 Å². The Kier molecular flexibility index (Phi) is 5.80. The van der Waals surface area contributed by atoms with Crippen LogP contribution in [-0.2, 0) is 21.9 Å². The Hall–Kier alpha value is -1.41. The van der Waals surface area contributed by atoms with Gasteiger partial charge in [-0.05, 0) is 25.7 Å². The molecular weight excluding hydrogens is 316 g/mol. The Morgan fingerprint density at radius 1 is 1.43 bits per heavy atom. The van der Waals surface area contributed by atoms with Crippen LogP contribution in [0.4, 0.5) is 0 Å². The zero-order valence-electron chi connectivity index (χ0n) is 14.0. The zero-order valence-corrected chi connectivity index (χ0v) is 14.8. The zero-order chi connectivity index (χ0) is 17.0. The minimum atomic E-state index is -3.66. The number of carbonyl (C=O) groups is 1. The van der Waals surface area contributed by atoms with Crippen LogP contribution < -0.4 is 10.0 Å².